The number of hydrogen-bond donors (Lipinski definition) is 2. The SMILES string of the molecule is CC(O)(COc1ccccc1C#N)C(=O)Nc1ccc(C#N)c(C(F)(F)F)c1. The highest BCUT2D eigenvalue weighted by Gasteiger charge is 2.35. The van der Waals surface area contributed by atoms with Crippen LogP contribution in [0, 0.1) is 22.7 Å². The molecular weight excluding hydrogens is 375 g/mol. The molecule has 2 N–H and O–H groups in total. The molecule has 0 saturated heterocycles. The molecule has 0 aromatic heterocycles. The molecule has 2 aromatic carbocycles. The summed E-state index contributed by atoms with van der Waals surface area (Å²) in [7, 11) is 0. The summed E-state index contributed by atoms with van der Waals surface area (Å²) < 4.78 is 44.3. The number of halogens is 3. The van der Waals surface area contributed by atoms with Gasteiger partial charge in [0.15, 0.2) is 5.60 Å². The van der Waals surface area contributed by atoms with Crippen LogP contribution >= 0.6 is 0 Å². The molecule has 0 saturated carbocycles. The number of alkyl halides is 3. The first-order valence-electron chi connectivity index (χ1n) is 7.85. The van der Waals surface area contributed by atoms with E-state index in [0.29, 0.717) is 6.07 Å². The van der Waals surface area contributed by atoms with E-state index in [9.17, 15) is 23.1 Å². The molecule has 0 aliphatic rings. The number of aliphatic hydroxyl groups is 1. The summed E-state index contributed by atoms with van der Waals surface area (Å²) in [5, 5.41) is 30.3. The van der Waals surface area contributed by atoms with Crippen molar-refractivity contribution in [3.05, 3.63) is 59.2 Å². The lowest BCUT2D eigenvalue weighted by Crippen LogP contribution is -2.45. The highest BCUT2D eigenvalue weighted by atomic mass is 19.4. The van der Waals surface area contributed by atoms with Crippen molar-refractivity contribution in [3.63, 3.8) is 0 Å². The molecule has 0 aliphatic carbocycles. The average Bonchev–Trinajstić information content (AvgIpc) is 2.65. The fourth-order valence-electron chi connectivity index (χ4n) is 2.19. The maximum atomic E-state index is 13.0. The van der Waals surface area contributed by atoms with Gasteiger partial charge in [-0.15, -0.1) is 0 Å². The second-order valence-corrected chi connectivity index (χ2v) is 5.99. The fraction of sp³-hybridized carbons (Fsp3) is 0.211. The van der Waals surface area contributed by atoms with Gasteiger partial charge < -0.3 is 15.2 Å². The Labute approximate surface area is 158 Å². The number of nitriles is 2. The van der Waals surface area contributed by atoms with E-state index in [4.69, 9.17) is 15.3 Å². The first-order chi connectivity index (χ1) is 13.1. The predicted molar refractivity (Wildman–Crippen MR) is 92.1 cm³/mol. The van der Waals surface area contributed by atoms with E-state index in [-0.39, 0.29) is 17.0 Å². The molecule has 0 fully saturated rings. The summed E-state index contributed by atoms with van der Waals surface area (Å²) in [4.78, 5) is 12.3. The number of rotatable bonds is 5. The van der Waals surface area contributed by atoms with Gasteiger partial charge in [-0.3, -0.25) is 4.79 Å². The molecule has 144 valence electrons. The van der Waals surface area contributed by atoms with Crippen molar-refractivity contribution in [2.75, 3.05) is 11.9 Å². The van der Waals surface area contributed by atoms with E-state index in [1.807, 2.05) is 6.07 Å². The normalized spacial score (nSPS) is 13.0. The average molecular weight is 389 g/mol. The van der Waals surface area contributed by atoms with Crippen LogP contribution in [0.15, 0.2) is 42.5 Å². The Morgan fingerprint density at radius 2 is 1.79 bits per heavy atom. The van der Waals surface area contributed by atoms with E-state index >= 15 is 0 Å². The molecule has 0 aliphatic heterocycles. The van der Waals surface area contributed by atoms with Crippen LogP contribution in [0.3, 0.4) is 0 Å². The van der Waals surface area contributed by atoms with Gasteiger partial charge in [0.2, 0.25) is 0 Å². The number of benzene rings is 2. The lowest BCUT2D eigenvalue weighted by atomic mass is 10.1. The Kier molecular flexibility index (Phi) is 5.92. The van der Waals surface area contributed by atoms with Gasteiger partial charge >= 0.3 is 6.18 Å². The third-order valence-corrected chi connectivity index (χ3v) is 3.71. The molecule has 1 unspecified atom stereocenters. The van der Waals surface area contributed by atoms with Crippen molar-refractivity contribution >= 4 is 11.6 Å². The van der Waals surface area contributed by atoms with Crippen LogP contribution in [0.4, 0.5) is 18.9 Å². The number of nitrogens with zero attached hydrogens (tertiary/aromatic N) is 2. The van der Waals surface area contributed by atoms with E-state index in [2.05, 4.69) is 5.32 Å². The Morgan fingerprint density at radius 1 is 1.14 bits per heavy atom. The summed E-state index contributed by atoms with van der Waals surface area (Å²) in [5.74, 6) is -0.865. The fourth-order valence-corrected chi connectivity index (χ4v) is 2.19. The van der Waals surface area contributed by atoms with Crippen molar-refractivity contribution in [1.29, 1.82) is 10.5 Å². The summed E-state index contributed by atoms with van der Waals surface area (Å²) >= 11 is 0. The minimum atomic E-state index is -4.78. The van der Waals surface area contributed by atoms with Gasteiger partial charge in [-0.2, -0.15) is 23.7 Å². The Hall–Kier alpha value is -3.56. The zero-order valence-electron chi connectivity index (χ0n) is 14.5. The van der Waals surface area contributed by atoms with Crippen LogP contribution in [-0.2, 0) is 11.0 Å². The second-order valence-electron chi connectivity index (χ2n) is 5.99. The van der Waals surface area contributed by atoms with Gasteiger partial charge in [0.1, 0.15) is 18.4 Å². The lowest BCUT2D eigenvalue weighted by Gasteiger charge is -2.23. The largest absolute Gasteiger partial charge is 0.489 e. The number of anilines is 1. The van der Waals surface area contributed by atoms with Gasteiger partial charge in [0.05, 0.1) is 22.8 Å². The molecule has 0 bridgehead atoms. The number of carbonyl (C=O) groups is 1. The van der Waals surface area contributed by atoms with Crippen molar-refractivity contribution in [2.24, 2.45) is 0 Å². The topological polar surface area (TPSA) is 106 Å². The quantitative estimate of drug-likeness (QED) is 0.817. The van der Waals surface area contributed by atoms with Gasteiger partial charge in [-0.05, 0) is 37.3 Å². The van der Waals surface area contributed by atoms with Crippen molar-refractivity contribution in [3.8, 4) is 17.9 Å². The Balaban J connectivity index is 2.15. The zero-order chi connectivity index (χ0) is 20.9. The van der Waals surface area contributed by atoms with Gasteiger partial charge in [-0.25, -0.2) is 0 Å². The maximum Gasteiger partial charge on any atom is 0.417 e. The Morgan fingerprint density at radius 3 is 2.39 bits per heavy atom. The maximum absolute atomic E-state index is 13.0. The standard InChI is InChI=1S/C19H14F3N3O3/c1-18(27,11-28-16-5-3-2-4-13(16)10-24)17(26)25-14-7-6-12(9-23)15(8-14)19(20,21)22/h2-8,27H,11H2,1H3,(H,25,26). The second kappa shape index (κ2) is 7.99. The van der Waals surface area contributed by atoms with Crippen LogP contribution in [0.2, 0.25) is 0 Å². The monoisotopic (exact) mass is 389 g/mol. The molecule has 0 spiro atoms. The van der Waals surface area contributed by atoms with Crippen molar-refractivity contribution in [1.82, 2.24) is 0 Å². The van der Waals surface area contributed by atoms with Crippen molar-refractivity contribution < 1.29 is 27.8 Å². The van der Waals surface area contributed by atoms with E-state index in [1.54, 1.807) is 12.1 Å². The molecule has 0 radical (unpaired) electrons. The molecule has 2 aromatic rings. The molecule has 2 rings (SSSR count). The van der Waals surface area contributed by atoms with Crippen LogP contribution in [0.1, 0.15) is 23.6 Å². The van der Waals surface area contributed by atoms with Crippen LogP contribution in [-0.4, -0.2) is 23.2 Å². The van der Waals surface area contributed by atoms with Crippen LogP contribution < -0.4 is 10.1 Å². The number of amides is 1. The number of para-hydroxylation sites is 1. The Bertz CT molecular complexity index is 973. The molecule has 0 heterocycles. The minimum Gasteiger partial charge on any atom is -0.489 e. The molecule has 1 amide bonds. The molecule has 1 atom stereocenters. The minimum absolute atomic E-state index is 0.149. The lowest BCUT2D eigenvalue weighted by molar-refractivity contribution is -0.138. The van der Waals surface area contributed by atoms with Crippen molar-refractivity contribution in [2.45, 2.75) is 18.7 Å². The number of hydrogen-bond acceptors (Lipinski definition) is 5. The number of ether oxygens (including phenoxy) is 1. The van der Waals surface area contributed by atoms with E-state index in [1.165, 1.54) is 18.2 Å². The zero-order valence-corrected chi connectivity index (χ0v) is 14.5. The van der Waals surface area contributed by atoms with Gasteiger partial charge in [0, 0.05) is 5.69 Å². The third kappa shape index (κ3) is 4.78. The smallest absolute Gasteiger partial charge is 0.417 e. The predicted octanol–water partition coefficient (Wildman–Crippen LogP) is 3.22. The highest BCUT2D eigenvalue weighted by Crippen LogP contribution is 2.33. The number of carbonyl (C=O) groups excluding carboxylic acids is 1. The van der Waals surface area contributed by atoms with E-state index in [0.717, 1.165) is 19.1 Å². The van der Waals surface area contributed by atoms with Gasteiger partial charge in [0.25, 0.3) is 5.91 Å². The number of nitrogens with one attached hydrogen (secondary N) is 1. The summed E-state index contributed by atoms with van der Waals surface area (Å²) in [5.41, 5.74) is -3.94. The molecule has 6 nitrogen and oxygen atoms in total. The summed E-state index contributed by atoms with van der Waals surface area (Å²) in [6.07, 6.45) is -4.78. The molecule has 9 heteroatoms. The third-order valence-electron chi connectivity index (χ3n) is 3.71. The molecule has 28 heavy (non-hydrogen) atoms. The first kappa shape index (κ1) is 20.7. The summed E-state index contributed by atoms with van der Waals surface area (Å²) in [6, 6.07) is 12.1. The van der Waals surface area contributed by atoms with E-state index < -0.39 is 35.4 Å². The van der Waals surface area contributed by atoms with Gasteiger partial charge in [-0.1, -0.05) is 12.1 Å². The summed E-state index contributed by atoms with van der Waals surface area (Å²) in [6.45, 7) is 0.575. The van der Waals surface area contributed by atoms with Crippen LogP contribution in [0.25, 0.3) is 0 Å². The van der Waals surface area contributed by atoms with Crippen LogP contribution in [0.5, 0.6) is 5.75 Å². The first-order valence-corrected chi connectivity index (χ1v) is 7.85. The highest BCUT2D eigenvalue weighted by molar-refractivity contribution is 5.97. The molecular formula is C19H14F3N3O3.